The van der Waals surface area contributed by atoms with Gasteiger partial charge in [0.2, 0.25) is 0 Å². The van der Waals surface area contributed by atoms with Crippen molar-refractivity contribution >= 4 is 24.8 Å². The summed E-state index contributed by atoms with van der Waals surface area (Å²) < 4.78 is 92.0. The van der Waals surface area contributed by atoms with Crippen LogP contribution < -0.4 is 5.32 Å². The van der Waals surface area contributed by atoms with E-state index in [-0.39, 0.29) is 51.0 Å². The number of hydrogen-bond acceptors (Lipinski definition) is 2. The maximum absolute atomic E-state index is 14.0. The van der Waals surface area contributed by atoms with E-state index < -0.39 is 35.3 Å². The number of hydrogen-bond donors (Lipinski definition) is 1. The van der Waals surface area contributed by atoms with E-state index >= 15 is 0 Å². The third kappa shape index (κ3) is 5.11. The predicted molar refractivity (Wildman–Crippen MR) is 79.1 cm³/mol. The molecule has 0 bridgehead atoms. The number of nitrogens with zero attached hydrogens (tertiary/aromatic N) is 1. The molecule has 0 aromatic heterocycles. The summed E-state index contributed by atoms with van der Waals surface area (Å²) in [5.41, 5.74) is -2.68. The van der Waals surface area contributed by atoms with Crippen LogP contribution in [0.4, 0.5) is 30.7 Å². The third-order valence-electron chi connectivity index (χ3n) is 3.46. The monoisotopic (exact) mass is 402 g/mol. The summed E-state index contributed by atoms with van der Waals surface area (Å²) in [7, 11) is 0. The molecule has 0 aliphatic carbocycles. The molecule has 0 unspecified atom stereocenters. The third-order valence-corrected chi connectivity index (χ3v) is 3.46. The zero-order chi connectivity index (χ0) is 16.5. The van der Waals surface area contributed by atoms with Crippen LogP contribution in [0.3, 0.4) is 0 Å². The number of benzene rings is 1. The minimum absolute atomic E-state index is 0. The van der Waals surface area contributed by atoms with Crippen molar-refractivity contribution in [3.63, 3.8) is 0 Å². The molecule has 2 rings (SSSR count). The van der Waals surface area contributed by atoms with Crippen LogP contribution in [0.5, 0.6) is 0 Å². The molecule has 2 nitrogen and oxygen atoms in total. The van der Waals surface area contributed by atoms with Gasteiger partial charge >= 0.3 is 12.4 Å². The van der Waals surface area contributed by atoms with Gasteiger partial charge in [-0.2, -0.15) is 26.3 Å². The highest BCUT2D eigenvalue weighted by atomic mass is 35.5. The van der Waals surface area contributed by atoms with Crippen molar-refractivity contribution < 1.29 is 30.7 Å². The lowest BCUT2D eigenvalue weighted by atomic mass is 10.00. The van der Waals surface area contributed by atoms with Gasteiger partial charge in [-0.3, -0.25) is 4.90 Å². The number of piperazine rings is 1. The molecule has 1 aromatic rings. The second kappa shape index (κ2) is 8.55. The highest BCUT2D eigenvalue weighted by molar-refractivity contribution is 5.85. The molecule has 11 heteroatoms. The molecule has 0 saturated carbocycles. The zero-order valence-electron chi connectivity index (χ0n) is 12.0. The molecule has 0 amide bonds. The van der Waals surface area contributed by atoms with E-state index in [1.54, 1.807) is 0 Å². The standard InChI is InChI=1S/C13H13F7N2.2ClH/c14-10-8(2-1-3-9(10)12(15,16)17)11(13(18,19)20)22-6-4-21-5-7-22;;/h1-3,11,21H,4-7H2;2*1H/t11-;;/m0../s1. The van der Waals surface area contributed by atoms with Crippen LogP contribution in [-0.2, 0) is 6.18 Å². The second-order valence-electron chi connectivity index (χ2n) is 4.94. The molecule has 0 spiro atoms. The van der Waals surface area contributed by atoms with Crippen LogP contribution in [0.25, 0.3) is 0 Å². The number of nitrogens with one attached hydrogen (secondary N) is 1. The summed E-state index contributed by atoms with van der Waals surface area (Å²) in [5.74, 6) is -1.86. The van der Waals surface area contributed by atoms with E-state index in [0.29, 0.717) is 6.07 Å². The molecule has 1 heterocycles. The van der Waals surface area contributed by atoms with Crippen LogP contribution in [-0.4, -0.2) is 37.3 Å². The van der Waals surface area contributed by atoms with Gasteiger partial charge in [-0.05, 0) is 6.07 Å². The SMILES string of the molecule is Cl.Cl.Fc1c([C@H](N2CCNCC2)C(F)(F)F)cccc1C(F)(F)F. The van der Waals surface area contributed by atoms with Gasteiger partial charge in [0.15, 0.2) is 0 Å². The first-order chi connectivity index (χ1) is 10.1. The Balaban J connectivity index is 0.00000264. The van der Waals surface area contributed by atoms with Crippen molar-refractivity contribution in [2.24, 2.45) is 0 Å². The largest absolute Gasteiger partial charge is 0.419 e. The number of rotatable bonds is 2. The van der Waals surface area contributed by atoms with E-state index in [2.05, 4.69) is 5.32 Å². The summed E-state index contributed by atoms with van der Waals surface area (Å²) in [4.78, 5) is 0.940. The first-order valence-corrected chi connectivity index (χ1v) is 6.49. The normalized spacial score (nSPS) is 17.6. The topological polar surface area (TPSA) is 15.3 Å². The molecule has 1 N–H and O–H groups in total. The van der Waals surface area contributed by atoms with Gasteiger partial charge in [0, 0.05) is 31.7 Å². The van der Waals surface area contributed by atoms with Crippen molar-refractivity contribution in [3.05, 3.63) is 35.1 Å². The molecule has 1 aromatic carbocycles. The molecule has 140 valence electrons. The summed E-state index contributed by atoms with van der Waals surface area (Å²) in [5, 5.41) is 2.84. The highest BCUT2D eigenvalue weighted by Gasteiger charge is 2.47. The lowest BCUT2D eigenvalue weighted by Gasteiger charge is -2.36. The molecular formula is C13H15Cl2F7N2. The van der Waals surface area contributed by atoms with Gasteiger partial charge in [-0.15, -0.1) is 24.8 Å². The van der Waals surface area contributed by atoms with E-state index in [4.69, 9.17) is 0 Å². The summed E-state index contributed by atoms with van der Waals surface area (Å²) in [6, 6.07) is -0.409. The van der Waals surface area contributed by atoms with Crippen LogP contribution in [0, 0.1) is 5.82 Å². The van der Waals surface area contributed by atoms with Gasteiger partial charge in [-0.1, -0.05) is 12.1 Å². The molecule has 1 aliphatic rings. The minimum Gasteiger partial charge on any atom is -0.314 e. The van der Waals surface area contributed by atoms with E-state index in [1.807, 2.05) is 0 Å². The average Bonchev–Trinajstić information content (AvgIpc) is 2.39. The average molecular weight is 403 g/mol. The Labute approximate surface area is 146 Å². The Morgan fingerprint density at radius 1 is 0.958 bits per heavy atom. The maximum Gasteiger partial charge on any atom is 0.419 e. The molecule has 24 heavy (non-hydrogen) atoms. The number of halogens is 9. The van der Waals surface area contributed by atoms with Crippen molar-refractivity contribution in [1.82, 2.24) is 10.2 Å². The van der Waals surface area contributed by atoms with Gasteiger partial charge in [0.25, 0.3) is 0 Å². The van der Waals surface area contributed by atoms with Crippen LogP contribution in [0.2, 0.25) is 0 Å². The fourth-order valence-corrected chi connectivity index (χ4v) is 2.50. The van der Waals surface area contributed by atoms with Gasteiger partial charge in [-0.25, -0.2) is 4.39 Å². The van der Waals surface area contributed by atoms with Crippen LogP contribution in [0.1, 0.15) is 17.2 Å². The Morgan fingerprint density at radius 3 is 1.96 bits per heavy atom. The van der Waals surface area contributed by atoms with E-state index in [9.17, 15) is 30.7 Å². The Kier molecular flexibility index (Phi) is 8.28. The Hall–Kier alpha value is -0.770. The molecule has 1 fully saturated rings. The fraction of sp³-hybridized carbons (Fsp3) is 0.538. The first-order valence-electron chi connectivity index (χ1n) is 6.49. The highest BCUT2D eigenvalue weighted by Crippen LogP contribution is 2.41. The summed E-state index contributed by atoms with van der Waals surface area (Å²) in [6.07, 6.45) is -9.91. The quantitative estimate of drug-likeness (QED) is 0.745. The molecule has 0 radical (unpaired) electrons. The molecule has 1 aliphatic heterocycles. The van der Waals surface area contributed by atoms with Crippen LogP contribution >= 0.6 is 24.8 Å². The van der Waals surface area contributed by atoms with Gasteiger partial charge in [0.05, 0.1) is 5.56 Å². The minimum atomic E-state index is -5.04. The smallest absolute Gasteiger partial charge is 0.314 e. The van der Waals surface area contributed by atoms with E-state index in [0.717, 1.165) is 17.0 Å². The summed E-state index contributed by atoms with van der Waals surface area (Å²) in [6.45, 7) is 0.458. The zero-order valence-corrected chi connectivity index (χ0v) is 13.7. The molecule has 1 saturated heterocycles. The maximum atomic E-state index is 14.0. The van der Waals surface area contributed by atoms with Gasteiger partial charge in [0.1, 0.15) is 11.9 Å². The fourth-order valence-electron chi connectivity index (χ4n) is 2.50. The van der Waals surface area contributed by atoms with Crippen molar-refractivity contribution in [2.75, 3.05) is 26.2 Å². The Morgan fingerprint density at radius 2 is 1.50 bits per heavy atom. The second-order valence-corrected chi connectivity index (χ2v) is 4.94. The van der Waals surface area contributed by atoms with Gasteiger partial charge < -0.3 is 5.32 Å². The van der Waals surface area contributed by atoms with Crippen molar-refractivity contribution in [3.8, 4) is 0 Å². The predicted octanol–water partition coefficient (Wildman–Crippen LogP) is 4.20. The lowest BCUT2D eigenvalue weighted by molar-refractivity contribution is -0.189. The summed E-state index contributed by atoms with van der Waals surface area (Å²) >= 11 is 0. The lowest BCUT2D eigenvalue weighted by Crippen LogP contribution is -2.49. The first kappa shape index (κ1) is 23.2. The number of alkyl halides is 6. The van der Waals surface area contributed by atoms with Crippen molar-refractivity contribution in [2.45, 2.75) is 18.4 Å². The van der Waals surface area contributed by atoms with Crippen LogP contribution in [0.15, 0.2) is 18.2 Å². The molecular weight excluding hydrogens is 388 g/mol. The van der Waals surface area contributed by atoms with Crippen molar-refractivity contribution in [1.29, 1.82) is 0 Å². The van der Waals surface area contributed by atoms with E-state index in [1.165, 1.54) is 0 Å². The Bertz CT molecular complexity index is 528. The molecule has 1 atom stereocenters.